The predicted molar refractivity (Wildman–Crippen MR) is 87.1 cm³/mol. The molecular weight excluding hydrogens is 303 g/mol. The molecule has 1 saturated heterocycles. The number of halogens is 2. The van der Waals surface area contributed by atoms with Gasteiger partial charge in [0, 0.05) is 17.2 Å². The summed E-state index contributed by atoms with van der Waals surface area (Å²) in [7, 11) is 2.90. The van der Waals surface area contributed by atoms with Gasteiger partial charge in [-0.15, -0.1) is 0 Å². The van der Waals surface area contributed by atoms with Crippen molar-refractivity contribution >= 4 is 18.4 Å². The third-order valence-electron chi connectivity index (χ3n) is 4.29. The number of nitrogens with one attached hydrogen (secondary N) is 1. The lowest BCUT2D eigenvalue weighted by Gasteiger charge is -2.32. The van der Waals surface area contributed by atoms with Gasteiger partial charge < -0.3 is 14.6 Å². The largest absolute Gasteiger partial charge is 0.496 e. The van der Waals surface area contributed by atoms with Crippen LogP contribution in [0.1, 0.15) is 39.7 Å². The molecule has 0 spiro atoms. The van der Waals surface area contributed by atoms with Crippen molar-refractivity contribution in [2.75, 3.05) is 26.1 Å². The molecule has 0 bridgehead atoms. The van der Waals surface area contributed by atoms with Gasteiger partial charge >= 0.3 is 7.12 Å². The Hall–Kier alpha value is -1.25. The molecule has 0 atom stereocenters. The van der Waals surface area contributed by atoms with Crippen molar-refractivity contribution in [3.8, 4) is 0 Å². The Kier molecular flexibility index (Phi) is 4.99. The highest BCUT2D eigenvalue weighted by molar-refractivity contribution is 6.62. The molecule has 1 aliphatic rings. The lowest BCUT2D eigenvalue weighted by Crippen LogP contribution is -2.41. The molecule has 0 unspecified atom stereocenters. The second kappa shape index (κ2) is 6.34. The van der Waals surface area contributed by atoms with Gasteiger partial charge in [0.15, 0.2) is 0 Å². The summed E-state index contributed by atoms with van der Waals surface area (Å²) in [4.78, 5) is 6.08. The number of alkyl halides is 2. The van der Waals surface area contributed by atoms with E-state index in [0.29, 0.717) is 12.5 Å². The first-order chi connectivity index (χ1) is 10.5. The maximum atomic E-state index is 13.5. The molecule has 0 amide bonds. The summed E-state index contributed by atoms with van der Waals surface area (Å²) >= 11 is 0. The maximum absolute atomic E-state index is 13.5. The molecule has 2 heterocycles. The van der Waals surface area contributed by atoms with Crippen molar-refractivity contribution in [1.29, 1.82) is 0 Å². The minimum absolute atomic E-state index is 0.125. The molecule has 0 aliphatic carbocycles. The van der Waals surface area contributed by atoms with E-state index < -0.39 is 24.7 Å². The van der Waals surface area contributed by atoms with Crippen LogP contribution in [0.15, 0.2) is 12.3 Å². The molecule has 1 N–H and O–H groups in total. The molecule has 1 fully saturated rings. The smallest absolute Gasteiger partial charge is 0.399 e. The van der Waals surface area contributed by atoms with E-state index in [-0.39, 0.29) is 11.0 Å². The summed E-state index contributed by atoms with van der Waals surface area (Å²) in [6.07, 6.45) is -1.23. The molecule has 1 aromatic rings. The summed E-state index contributed by atoms with van der Waals surface area (Å²) in [6.45, 7) is 8.04. The number of hydrogen-bond acceptors (Lipinski definition) is 5. The van der Waals surface area contributed by atoms with Crippen LogP contribution in [0.3, 0.4) is 0 Å². The zero-order valence-electron chi connectivity index (χ0n) is 14.5. The van der Waals surface area contributed by atoms with Gasteiger partial charge in [0.1, 0.15) is 5.82 Å². The van der Waals surface area contributed by atoms with Crippen LogP contribution in [-0.4, -0.2) is 49.0 Å². The van der Waals surface area contributed by atoms with Gasteiger partial charge in [-0.25, -0.2) is 13.8 Å². The van der Waals surface area contributed by atoms with E-state index in [1.165, 1.54) is 12.3 Å². The molecule has 8 heteroatoms. The first-order valence-electron chi connectivity index (χ1n) is 7.56. The van der Waals surface area contributed by atoms with Crippen molar-refractivity contribution < 1.29 is 18.1 Å². The quantitative estimate of drug-likeness (QED) is 0.664. The van der Waals surface area contributed by atoms with Crippen LogP contribution in [0.5, 0.6) is 0 Å². The minimum atomic E-state index is -2.63. The number of aromatic nitrogens is 1. The van der Waals surface area contributed by atoms with E-state index in [1.807, 2.05) is 46.7 Å². The topological polar surface area (TPSA) is 46.6 Å². The van der Waals surface area contributed by atoms with Crippen molar-refractivity contribution in [2.24, 2.45) is 0 Å². The summed E-state index contributed by atoms with van der Waals surface area (Å²) in [5.74, 6) is 0.397. The van der Waals surface area contributed by atoms with Crippen LogP contribution in [0, 0.1) is 0 Å². The van der Waals surface area contributed by atoms with E-state index >= 15 is 0 Å². The second-order valence-electron chi connectivity index (χ2n) is 7.00. The van der Waals surface area contributed by atoms with E-state index in [4.69, 9.17) is 9.31 Å². The summed E-state index contributed by atoms with van der Waals surface area (Å²) in [5, 5.41) is 2.99. The first-order valence-corrected chi connectivity index (χ1v) is 7.56. The van der Waals surface area contributed by atoms with Gasteiger partial charge in [-0.1, -0.05) is 0 Å². The van der Waals surface area contributed by atoms with Gasteiger partial charge in [-0.05, 0) is 47.9 Å². The standard InChI is InChI=1S/C15H24BF2N3O2/c1-14(2)15(3,4)23-16(22-14)11-8-19-12(20-9-21(5)6)7-10(11)13(17)18/h7-8,13H,9H2,1-6H3,(H,19,20). The van der Waals surface area contributed by atoms with Gasteiger partial charge in [-0.3, -0.25) is 4.90 Å². The van der Waals surface area contributed by atoms with Crippen LogP contribution >= 0.6 is 0 Å². The predicted octanol–water partition coefficient (Wildman–Crippen LogP) is 2.25. The van der Waals surface area contributed by atoms with Crippen LogP contribution in [0.4, 0.5) is 14.6 Å². The monoisotopic (exact) mass is 327 g/mol. The normalized spacial score (nSPS) is 19.7. The van der Waals surface area contributed by atoms with E-state index in [1.54, 1.807) is 0 Å². The van der Waals surface area contributed by atoms with Gasteiger partial charge in [0.2, 0.25) is 0 Å². The van der Waals surface area contributed by atoms with Crippen molar-refractivity contribution in [2.45, 2.75) is 45.3 Å². The highest BCUT2D eigenvalue weighted by Crippen LogP contribution is 2.37. The molecule has 5 nitrogen and oxygen atoms in total. The molecule has 1 aromatic heterocycles. The first kappa shape index (κ1) is 18.1. The zero-order chi connectivity index (χ0) is 17.4. The van der Waals surface area contributed by atoms with Gasteiger partial charge in [0.05, 0.1) is 17.9 Å². The number of nitrogens with zero attached hydrogens (tertiary/aromatic N) is 2. The van der Waals surface area contributed by atoms with Crippen molar-refractivity contribution in [3.05, 3.63) is 17.8 Å². The van der Waals surface area contributed by atoms with Crippen LogP contribution in [-0.2, 0) is 9.31 Å². The lowest BCUT2D eigenvalue weighted by atomic mass is 9.77. The fraction of sp³-hybridized carbons (Fsp3) is 0.667. The Balaban J connectivity index is 2.29. The fourth-order valence-corrected chi connectivity index (χ4v) is 2.17. The van der Waals surface area contributed by atoms with Gasteiger partial charge in [-0.2, -0.15) is 0 Å². The van der Waals surface area contributed by atoms with Crippen LogP contribution in [0.2, 0.25) is 0 Å². The molecule has 1 aliphatic heterocycles. The Morgan fingerprint density at radius 3 is 2.26 bits per heavy atom. The highest BCUT2D eigenvalue weighted by atomic mass is 19.3. The van der Waals surface area contributed by atoms with Crippen molar-refractivity contribution in [1.82, 2.24) is 9.88 Å². The zero-order valence-corrected chi connectivity index (χ0v) is 14.5. The summed E-state index contributed by atoms with van der Waals surface area (Å²) in [6, 6.07) is 1.36. The Labute approximate surface area is 136 Å². The SMILES string of the molecule is CN(C)CNc1cc(C(F)F)c(B2OC(C)(C)C(C)(C)O2)cn1. The Morgan fingerprint density at radius 1 is 1.22 bits per heavy atom. The van der Waals surface area contributed by atoms with Crippen LogP contribution < -0.4 is 10.8 Å². The molecule has 23 heavy (non-hydrogen) atoms. The average Bonchev–Trinajstić information content (AvgIpc) is 2.64. The molecule has 0 radical (unpaired) electrons. The summed E-state index contributed by atoms with van der Waals surface area (Å²) < 4.78 is 38.6. The minimum Gasteiger partial charge on any atom is -0.399 e. The second-order valence-corrected chi connectivity index (χ2v) is 7.00. The fourth-order valence-electron chi connectivity index (χ4n) is 2.17. The van der Waals surface area contributed by atoms with E-state index in [0.717, 1.165) is 0 Å². The van der Waals surface area contributed by atoms with Gasteiger partial charge in [0.25, 0.3) is 6.43 Å². The Bertz CT molecular complexity index is 552. The lowest BCUT2D eigenvalue weighted by molar-refractivity contribution is 0.00578. The number of rotatable bonds is 5. The van der Waals surface area contributed by atoms with E-state index in [9.17, 15) is 8.78 Å². The third kappa shape index (κ3) is 3.81. The summed E-state index contributed by atoms with van der Waals surface area (Å²) in [5.41, 5.74) is -1.02. The average molecular weight is 327 g/mol. The molecule has 0 saturated carbocycles. The number of anilines is 1. The Morgan fingerprint density at radius 2 is 1.78 bits per heavy atom. The molecule has 128 valence electrons. The molecule has 2 rings (SSSR count). The highest BCUT2D eigenvalue weighted by Gasteiger charge is 2.52. The van der Waals surface area contributed by atoms with E-state index in [2.05, 4.69) is 10.3 Å². The molecular formula is C15H24BF2N3O2. The molecule has 0 aromatic carbocycles. The van der Waals surface area contributed by atoms with Crippen molar-refractivity contribution in [3.63, 3.8) is 0 Å². The third-order valence-corrected chi connectivity index (χ3v) is 4.29. The number of hydrogen-bond donors (Lipinski definition) is 1. The number of pyridine rings is 1. The van der Waals surface area contributed by atoms with Crippen LogP contribution in [0.25, 0.3) is 0 Å². The maximum Gasteiger partial charge on any atom is 0.496 e.